The van der Waals surface area contributed by atoms with Crippen LogP contribution in [0.4, 0.5) is 0 Å². The summed E-state index contributed by atoms with van der Waals surface area (Å²) in [6.45, 7) is 2.20. The van der Waals surface area contributed by atoms with E-state index in [1.165, 1.54) is 11.3 Å². The molecule has 134 valence electrons. The highest BCUT2D eigenvalue weighted by molar-refractivity contribution is 7.20. The molecule has 3 aromatic rings. The molecule has 0 unspecified atom stereocenters. The molecule has 1 amide bonds. The Bertz CT molecular complexity index is 860. The molecule has 0 aliphatic rings. The summed E-state index contributed by atoms with van der Waals surface area (Å²) in [6.07, 6.45) is 0. The van der Waals surface area contributed by atoms with Gasteiger partial charge in [-0.3, -0.25) is 4.79 Å². The third-order valence-electron chi connectivity index (χ3n) is 3.75. The number of hydrogen-bond acceptors (Lipinski definition) is 6. The summed E-state index contributed by atoms with van der Waals surface area (Å²) in [5.41, 5.74) is 1.37. The van der Waals surface area contributed by atoms with Crippen LogP contribution in [0.2, 0.25) is 0 Å². The van der Waals surface area contributed by atoms with Gasteiger partial charge in [-0.25, -0.2) is 9.78 Å². The van der Waals surface area contributed by atoms with Gasteiger partial charge in [0.25, 0.3) is 5.91 Å². The van der Waals surface area contributed by atoms with Crippen LogP contribution >= 0.6 is 22.7 Å². The summed E-state index contributed by atoms with van der Waals surface area (Å²) in [5.74, 6) is -0.729. The van der Waals surface area contributed by atoms with E-state index in [9.17, 15) is 9.59 Å². The summed E-state index contributed by atoms with van der Waals surface area (Å²) in [5, 5.41) is 7.15. The minimum absolute atomic E-state index is 0.183. The molecule has 1 aromatic carbocycles. The maximum atomic E-state index is 12.0. The van der Waals surface area contributed by atoms with Crippen LogP contribution in [0.5, 0.6) is 0 Å². The lowest BCUT2D eigenvalue weighted by molar-refractivity contribution is -0.124. The lowest BCUT2D eigenvalue weighted by atomic mass is 10.0. The smallest absolute Gasteiger partial charge is 0.358 e. The first-order valence-corrected chi connectivity index (χ1v) is 9.87. The van der Waals surface area contributed by atoms with E-state index in [-0.39, 0.29) is 24.1 Å². The Morgan fingerprint density at radius 1 is 1.15 bits per heavy atom. The molecule has 7 heteroatoms. The van der Waals surface area contributed by atoms with Crippen molar-refractivity contribution in [2.24, 2.45) is 0 Å². The number of esters is 1. The summed E-state index contributed by atoms with van der Waals surface area (Å²) in [6, 6.07) is 13.8. The molecule has 2 heterocycles. The molecule has 26 heavy (non-hydrogen) atoms. The number of nitrogens with zero attached hydrogens (tertiary/aromatic N) is 1. The van der Waals surface area contributed by atoms with Crippen molar-refractivity contribution in [2.45, 2.75) is 12.8 Å². The predicted molar refractivity (Wildman–Crippen MR) is 104 cm³/mol. The summed E-state index contributed by atoms with van der Waals surface area (Å²) < 4.78 is 5.06. The molecule has 0 aliphatic heterocycles. The lowest BCUT2D eigenvalue weighted by Crippen LogP contribution is -2.31. The van der Waals surface area contributed by atoms with Crippen molar-refractivity contribution in [1.29, 1.82) is 0 Å². The van der Waals surface area contributed by atoms with Gasteiger partial charge >= 0.3 is 5.97 Å². The molecule has 5 nitrogen and oxygen atoms in total. The topological polar surface area (TPSA) is 68.3 Å². The lowest BCUT2D eigenvalue weighted by Gasteiger charge is -2.13. The second-order valence-corrected chi connectivity index (χ2v) is 7.51. The molecule has 0 saturated carbocycles. The molecule has 0 aliphatic carbocycles. The van der Waals surface area contributed by atoms with Gasteiger partial charge in [-0.15, -0.1) is 22.7 Å². The van der Waals surface area contributed by atoms with Gasteiger partial charge in [0.15, 0.2) is 12.3 Å². The van der Waals surface area contributed by atoms with Crippen LogP contribution in [0, 0.1) is 0 Å². The maximum Gasteiger partial charge on any atom is 0.358 e. The third-order valence-corrected chi connectivity index (χ3v) is 5.64. The van der Waals surface area contributed by atoms with Gasteiger partial charge in [-0.05, 0) is 22.9 Å². The Kier molecular flexibility index (Phi) is 6.14. The number of carbonyl (C=O) groups is 2. The fraction of sp³-hybridized carbons (Fsp3) is 0.211. The number of hydrogen-bond donors (Lipinski definition) is 1. The van der Waals surface area contributed by atoms with Gasteiger partial charge in [0.05, 0.1) is 4.88 Å². The van der Waals surface area contributed by atoms with E-state index in [0.29, 0.717) is 6.54 Å². The minimum atomic E-state index is -0.588. The average Bonchev–Trinajstić information content (AvgIpc) is 3.36. The number of carbonyl (C=O) groups excluding carboxylic acids is 2. The average molecular weight is 386 g/mol. The van der Waals surface area contributed by atoms with E-state index in [1.54, 1.807) is 16.7 Å². The van der Waals surface area contributed by atoms with Gasteiger partial charge in [-0.1, -0.05) is 43.3 Å². The highest BCUT2D eigenvalue weighted by Gasteiger charge is 2.15. The first-order chi connectivity index (χ1) is 12.6. The SMILES string of the molecule is C[C@H](CNC(=O)COC(=O)c1csc(-c2cccs2)n1)c1ccccc1. The van der Waals surface area contributed by atoms with E-state index < -0.39 is 5.97 Å². The van der Waals surface area contributed by atoms with E-state index in [0.717, 1.165) is 15.4 Å². The number of thiophene rings is 1. The molecule has 1 N–H and O–H groups in total. The molecule has 0 bridgehead atoms. The predicted octanol–water partition coefficient (Wildman–Crippen LogP) is 3.95. The fourth-order valence-electron chi connectivity index (χ4n) is 2.30. The first-order valence-electron chi connectivity index (χ1n) is 8.11. The van der Waals surface area contributed by atoms with E-state index in [2.05, 4.69) is 10.3 Å². The number of nitrogens with one attached hydrogen (secondary N) is 1. The van der Waals surface area contributed by atoms with E-state index in [4.69, 9.17) is 4.74 Å². The highest BCUT2D eigenvalue weighted by Crippen LogP contribution is 2.27. The van der Waals surface area contributed by atoms with Crippen molar-refractivity contribution in [3.63, 3.8) is 0 Å². The molecule has 0 saturated heterocycles. The molecular formula is C19H18N2O3S2. The first kappa shape index (κ1) is 18.3. The van der Waals surface area contributed by atoms with E-state index in [1.807, 2.05) is 54.8 Å². The van der Waals surface area contributed by atoms with Crippen molar-refractivity contribution in [3.05, 3.63) is 64.5 Å². The largest absolute Gasteiger partial charge is 0.451 e. The van der Waals surface area contributed by atoms with Gasteiger partial charge in [0.1, 0.15) is 5.01 Å². The normalized spacial score (nSPS) is 11.7. The second-order valence-electron chi connectivity index (χ2n) is 5.71. The number of ether oxygens (including phenoxy) is 1. The molecule has 0 spiro atoms. The summed E-state index contributed by atoms with van der Waals surface area (Å²) >= 11 is 2.94. The molecule has 2 aromatic heterocycles. The van der Waals surface area contributed by atoms with Crippen molar-refractivity contribution < 1.29 is 14.3 Å². The number of rotatable bonds is 7. The van der Waals surface area contributed by atoms with Crippen molar-refractivity contribution in [1.82, 2.24) is 10.3 Å². The maximum absolute atomic E-state index is 12.0. The zero-order valence-corrected chi connectivity index (χ0v) is 15.8. The fourth-order valence-corrected chi connectivity index (χ4v) is 3.91. The zero-order valence-electron chi connectivity index (χ0n) is 14.2. The van der Waals surface area contributed by atoms with Crippen LogP contribution in [0.15, 0.2) is 53.2 Å². The standard InChI is InChI=1S/C19H18N2O3S2/c1-13(14-6-3-2-4-7-14)10-20-17(22)11-24-19(23)15-12-26-18(21-15)16-8-5-9-25-16/h2-9,12-13H,10-11H2,1H3,(H,20,22)/t13-/m1/s1. The quantitative estimate of drug-likeness (QED) is 0.624. The van der Waals surface area contributed by atoms with Gasteiger partial charge < -0.3 is 10.1 Å². The Balaban J connectivity index is 1.45. The Labute approximate surface area is 159 Å². The van der Waals surface area contributed by atoms with Crippen molar-refractivity contribution >= 4 is 34.6 Å². The molecule has 0 fully saturated rings. The molecular weight excluding hydrogens is 368 g/mol. The number of thiazole rings is 1. The highest BCUT2D eigenvalue weighted by atomic mass is 32.1. The zero-order chi connectivity index (χ0) is 18.4. The Morgan fingerprint density at radius 3 is 2.69 bits per heavy atom. The number of benzene rings is 1. The van der Waals surface area contributed by atoms with Gasteiger partial charge in [-0.2, -0.15) is 0 Å². The summed E-state index contributed by atoms with van der Waals surface area (Å²) in [4.78, 5) is 29.2. The Hall–Kier alpha value is -2.51. The van der Waals surface area contributed by atoms with Gasteiger partial charge in [0.2, 0.25) is 0 Å². The number of aromatic nitrogens is 1. The monoisotopic (exact) mass is 386 g/mol. The third kappa shape index (κ3) is 4.77. The van der Waals surface area contributed by atoms with Crippen molar-refractivity contribution in [2.75, 3.05) is 13.2 Å². The number of amides is 1. The van der Waals surface area contributed by atoms with Crippen molar-refractivity contribution in [3.8, 4) is 9.88 Å². The molecule has 0 radical (unpaired) electrons. The van der Waals surface area contributed by atoms with Gasteiger partial charge in [0, 0.05) is 11.9 Å². The Morgan fingerprint density at radius 2 is 1.96 bits per heavy atom. The van der Waals surface area contributed by atoms with Crippen LogP contribution < -0.4 is 5.32 Å². The summed E-state index contributed by atoms with van der Waals surface area (Å²) in [7, 11) is 0. The second kappa shape index (κ2) is 8.73. The van der Waals surface area contributed by atoms with E-state index >= 15 is 0 Å². The molecule has 3 rings (SSSR count). The minimum Gasteiger partial charge on any atom is -0.451 e. The van der Waals surface area contributed by atoms with Crippen LogP contribution in [-0.4, -0.2) is 30.0 Å². The van der Waals surface area contributed by atoms with Crippen LogP contribution in [-0.2, 0) is 9.53 Å². The van der Waals surface area contributed by atoms with Crippen LogP contribution in [0.25, 0.3) is 9.88 Å². The molecule has 1 atom stereocenters. The van der Waals surface area contributed by atoms with Crippen LogP contribution in [0.1, 0.15) is 28.9 Å². The van der Waals surface area contributed by atoms with Crippen LogP contribution in [0.3, 0.4) is 0 Å².